The van der Waals surface area contributed by atoms with Gasteiger partial charge < -0.3 is 20.3 Å². The fourth-order valence-corrected chi connectivity index (χ4v) is 2.84. The van der Waals surface area contributed by atoms with E-state index >= 15 is 0 Å². The first-order valence-corrected chi connectivity index (χ1v) is 7.17. The van der Waals surface area contributed by atoms with Crippen molar-refractivity contribution in [3.05, 3.63) is 22.7 Å². The predicted molar refractivity (Wildman–Crippen MR) is 78.6 cm³/mol. The van der Waals surface area contributed by atoms with Crippen LogP contribution in [0.4, 0.5) is 0 Å². The van der Waals surface area contributed by atoms with Gasteiger partial charge in [0.15, 0.2) is 11.5 Å². The number of piperazine rings is 1. The van der Waals surface area contributed by atoms with E-state index in [1.807, 2.05) is 0 Å². The molecular weight excluding hydrogens is 280 g/mol. The molecule has 1 aromatic carbocycles. The second kappa shape index (κ2) is 7.13. The molecule has 1 heterocycles. The Kier molecular flexibility index (Phi) is 5.48. The van der Waals surface area contributed by atoms with E-state index in [0.717, 1.165) is 31.7 Å². The summed E-state index contributed by atoms with van der Waals surface area (Å²) in [5.74, 6) is 0.326. The van der Waals surface area contributed by atoms with Gasteiger partial charge in [0.1, 0.15) is 0 Å². The number of phenols is 1. The lowest BCUT2D eigenvalue weighted by molar-refractivity contribution is 0.141. The van der Waals surface area contributed by atoms with Crippen molar-refractivity contribution in [2.24, 2.45) is 0 Å². The SMILES string of the molecule is COc1cc([C@@H](CCO)N2CCNCC2)cc(Cl)c1O. The summed E-state index contributed by atoms with van der Waals surface area (Å²) in [5.41, 5.74) is 0.959. The molecule has 1 aromatic rings. The summed E-state index contributed by atoms with van der Waals surface area (Å²) >= 11 is 6.06. The Balaban J connectivity index is 2.30. The summed E-state index contributed by atoms with van der Waals surface area (Å²) in [6.45, 7) is 3.82. The minimum Gasteiger partial charge on any atom is -0.503 e. The van der Waals surface area contributed by atoms with E-state index in [0.29, 0.717) is 12.2 Å². The third-order valence-electron chi connectivity index (χ3n) is 3.65. The van der Waals surface area contributed by atoms with E-state index in [4.69, 9.17) is 16.3 Å². The first kappa shape index (κ1) is 15.4. The van der Waals surface area contributed by atoms with Crippen molar-refractivity contribution in [3.63, 3.8) is 0 Å². The van der Waals surface area contributed by atoms with Crippen LogP contribution >= 0.6 is 11.6 Å². The zero-order valence-corrected chi connectivity index (χ0v) is 12.4. The summed E-state index contributed by atoms with van der Waals surface area (Å²) in [5, 5.41) is 22.7. The van der Waals surface area contributed by atoms with Crippen molar-refractivity contribution >= 4 is 11.6 Å². The van der Waals surface area contributed by atoms with Gasteiger partial charge in [-0.2, -0.15) is 0 Å². The molecule has 20 heavy (non-hydrogen) atoms. The molecular formula is C14H21ClN2O3. The highest BCUT2D eigenvalue weighted by molar-refractivity contribution is 6.32. The molecule has 0 amide bonds. The first-order valence-electron chi connectivity index (χ1n) is 6.79. The number of phenolic OH excluding ortho intramolecular Hbond substituents is 1. The Morgan fingerprint density at radius 2 is 2.10 bits per heavy atom. The van der Waals surface area contributed by atoms with Crippen molar-refractivity contribution in [2.75, 3.05) is 39.9 Å². The lowest BCUT2D eigenvalue weighted by atomic mass is 10.0. The number of rotatable bonds is 5. The maximum atomic E-state index is 9.81. The molecule has 0 radical (unpaired) electrons. The van der Waals surface area contributed by atoms with E-state index in [9.17, 15) is 10.2 Å². The maximum Gasteiger partial charge on any atom is 0.176 e. The van der Waals surface area contributed by atoms with Gasteiger partial charge in [-0.1, -0.05) is 11.6 Å². The van der Waals surface area contributed by atoms with Crippen LogP contribution in [0.15, 0.2) is 12.1 Å². The fraction of sp³-hybridized carbons (Fsp3) is 0.571. The number of halogens is 1. The normalized spacial score (nSPS) is 17.9. The quantitative estimate of drug-likeness (QED) is 0.767. The van der Waals surface area contributed by atoms with Gasteiger partial charge in [-0.05, 0) is 24.1 Å². The molecule has 1 fully saturated rings. The molecule has 0 saturated carbocycles. The average Bonchev–Trinajstić information content (AvgIpc) is 2.48. The molecule has 112 valence electrons. The van der Waals surface area contributed by atoms with E-state index in [1.54, 1.807) is 12.1 Å². The highest BCUT2D eigenvalue weighted by Gasteiger charge is 2.23. The number of hydrogen-bond acceptors (Lipinski definition) is 5. The third-order valence-corrected chi connectivity index (χ3v) is 3.94. The van der Waals surface area contributed by atoms with Crippen LogP contribution in [0, 0.1) is 0 Å². The van der Waals surface area contributed by atoms with Gasteiger partial charge in [0.05, 0.1) is 12.1 Å². The number of hydrogen-bond donors (Lipinski definition) is 3. The molecule has 0 aliphatic carbocycles. The standard InChI is InChI=1S/C14H21ClN2O3/c1-20-13-9-10(8-11(15)14(13)19)12(2-7-18)17-5-3-16-4-6-17/h8-9,12,16,18-19H,2-7H2,1H3/t12-/m1/s1. The molecule has 0 unspecified atom stereocenters. The Hall–Kier alpha value is -1.01. The summed E-state index contributed by atoms with van der Waals surface area (Å²) in [4.78, 5) is 2.31. The van der Waals surface area contributed by atoms with Gasteiger partial charge in [-0.3, -0.25) is 4.90 Å². The lowest BCUT2D eigenvalue weighted by Gasteiger charge is -2.35. The molecule has 3 N–H and O–H groups in total. The summed E-state index contributed by atoms with van der Waals surface area (Å²) < 4.78 is 5.15. The Morgan fingerprint density at radius 1 is 1.40 bits per heavy atom. The second-order valence-corrected chi connectivity index (χ2v) is 5.27. The van der Waals surface area contributed by atoms with Gasteiger partial charge in [-0.25, -0.2) is 0 Å². The van der Waals surface area contributed by atoms with Crippen LogP contribution in [-0.2, 0) is 0 Å². The van der Waals surface area contributed by atoms with E-state index in [1.165, 1.54) is 7.11 Å². The highest BCUT2D eigenvalue weighted by Crippen LogP contribution is 2.38. The predicted octanol–water partition coefficient (Wildman–Crippen LogP) is 1.38. The maximum absolute atomic E-state index is 9.81. The molecule has 1 aliphatic heterocycles. The van der Waals surface area contributed by atoms with Gasteiger partial charge in [0.25, 0.3) is 0 Å². The summed E-state index contributed by atoms with van der Waals surface area (Å²) in [6, 6.07) is 3.62. The van der Waals surface area contributed by atoms with Crippen LogP contribution in [0.3, 0.4) is 0 Å². The molecule has 0 spiro atoms. The summed E-state index contributed by atoms with van der Waals surface area (Å²) in [6.07, 6.45) is 0.629. The van der Waals surface area contributed by atoms with E-state index < -0.39 is 0 Å². The number of nitrogens with zero attached hydrogens (tertiary/aromatic N) is 1. The minimum atomic E-state index is -0.0408. The van der Waals surface area contributed by atoms with Crippen LogP contribution in [-0.4, -0.2) is 55.0 Å². The zero-order chi connectivity index (χ0) is 14.5. The Labute approximate surface area is 124 Å². The molecule has 5 nitrogen and oxygen atoms in total. The topological polar surface area (TPSA) is 65.0 Å². The molecule has 1 aliphatic rings. The molecule has 1 atom stereocenters. The van der Waals surface area contributed by atoms with Crippen LogP contribution in [0.1, 0.15) is 18.0 Å². The molecule has 2 rings (SSSR count). The van der Waals surface area contributed by atoms with E-state index in [2.05, 4.69) is 10.2 Å². The van der Waals surface area contributed by atoms with Gasteiger partial charge >= 0.3 is 0 Å². The first-order chi connectivity index (χ1) is 9.67. The number of aromatic hydroxyl groups is 1. The van der Waals surface area contributed by atoms with Crippen LogP contribution in [0.25, 0.3) is 0 Å². The van der Waals surface area contributed by atoms with Crippen molar-refractivity contribution in [3.8, 4) is 11.5 Å². The van der Waals surface area contributed by atoms with Gasteiger partial charge in [0, 0.05) is 38.8 Å². The van der Waals surface area contributed by atoms with Crippen LogP contribution in [0.2, 0.25) is 5.02 Å². The number of benzene rings is 1. The van der Waals surface area contributed by atoms with Gasteiger partial charge in [-0.15, -0.1) is 0 Å². The smallest absolute Gasteiger partial charge is 0.176 e. The van der Waals surface area contributed by atoms with Gasteiger partial charge in [0.2, 0.25) is 0 Å². The minimum absolute atomic E-state index is 0.0408. The number of nitrogens with one attached hydrogen (secondary N) is 1. The molecule has 1 saturated heterocycles. The number of aliphatic hydroxyl groups is 1. The highest BCUT2D eigenvalue weighted by atomic mass is 35.5. The Bertz CT molecular complexity index is 450. The number of ether oxygens (including phenoxy) is 1. The summed E-state index contributed by atoms with van der Waals surface area (Å²) in [7, 11) is 1.50. The molecule has 0 aromatic heterocycles. The second-order valence-electron chi connectivity index (χ2n) is 4.87. The van der Waals surface area contributed by atoms with Crippen molar-refractivity contribution in [2.45, 2.75) is 12.5 Å². The average molecular weight is 301 g/mol. The van der Waals surface area contributed by atoms with E-state index in [-0.39, 0.29) is 23.4 Å². The fourth-order valence-electron chi connectivity index (χ4n) is 2.62. The molecule has 0 bridgehead atoms. The third kappa shape index (κ3) is 3.35. The van der Waals surface area contributed by atoms with Crippen LogP contribution in [0.5, 0.6) is 11.5 Å². The zero-order valence-electron chi connectivity index (χ0n) is 11.6. The van der Waals surface area contributed by atoms with Crippen LogP contribution < -0.4 is 10.1 Å². The van der Waals surface area contributed by atoms with Crippen molar-refractivity contribution in [1.82, 2.24) is 10.2 Å². The van der Waals surface area contributed by atoms with Crippen molar-refractivity contribution < 1.29 is 14.9 Å². The molecule has 6 heteroatoms. The lowest BCUT2D eigenvalue weighted by Crippen LogP contribution is -2.45. The number of methoxy groups -OCH3 is 1. The largest absolute Gasteiger partial charge is 0.503 e. The Morgan fingerprint density at radius 3 is 2.70 bits per heavy atom. The van der Waals surface area contributed by atoms with Crippen molar-refractivity contribution in [1.29, 1.82) is 0 Å². The monoisotopic (exact) mass is 300 g/mol. The number of aliphatic hydroxyl groups excluding tert-OH is 1.